The van der Waals surface area contributed by atoms with Gasteiger partial charge in [-0.25, -0.2) is 0 Å². The van der Waals surface area contributed by atoms with Crippen molar-refractivity contribution in [2.75, 3.05) is 0 Å². The lowest BCUT2D eigenvalue weighted by Crippen LogP contribution is -2.07. The second-order valence-electron chi connectivity index (χ2n) is 2.62. The van der Waals surface area contributed by atoms with Crippen LogP contribution in [0.2, 0.25) is 0 Å². The minimum atomic E-state index is -0.934. The Labute approximate surface area is 71.8 Å². The average Bonchev–Trinajstić information content (AvgIpc) is 2.04. The molecule has 1 rings (SSSR count). The van der Waals surface area contributed by atoms with Crippen molar-refractivity contribution in [2.45, 2.75) is 12.8 Å². The SMILES string of the molecule is CC(C(=O)O)c1ccccc1O.[H+]. The van der Waals surface area contributed by atoms with Crippen LogP contribution in [0.5, 0.6) is 5.75 Å². The summed E-state index contributed by atoms with van der Waals surface area (Å²) in [4.78, 5) is 10.5. The Bertz CT molecular complexity index is 299. The number of aliphatic carboxylic acids is 1. The predicted molar refractivity (Wildman–Crippen MR) is 45.3 cm³/mol. The van der Waals surface area contributed by atoms with Gasteiger partial charge in [0.15, 0.2) is 0 Å². The van der Waals surface area contributed by atoms with Crippen molar-refractivity contribution in [2.24, 2.45) is 0 Å². The van der Waals surface area contributed by atoms with E-state index in [1.807, 2.05) is 0 Å². The molecule has 0 fully saturated rings. The van der Waals surface area contributed by atoms with Gasteiger partial charge in [0.1, 0.15) is 5.75 Å². The summed E-state index contributed by atoms with van der Waals surface area (Å²) in [7, 11) is 0. The molecule has 1 aromatic carbocycles. The lowest BCUT2D eigenvalue weighted by molar-refractivity contribution is -0.138. The summed E-state index contributed by atoms with van der Waals surface area (Å²) in [5.41, 5.74) is 0.449. The van der Waals surface area contributed by atoms with Crippen LogP contribution in [0.1, 0.15) is 19.8 Å². The van der Waals surface area contributed by atoms with Crippen LogP contribution < -0.4 is 0 Å². The molecule has 2 N–H and O–H groups in total. The number of aromatic hydroxyl groups is 1. The third kappa shape index (κ3) is 1.56. The van der Waals surface area contributed by atoms with Gasteiger partial charge < -0.3 is 10.2 Å². The van der Waals surface area contributed by atoms with Gasteiger partial charge in [0, 0.05) is 5.56 Å². The van der Waals surface area contributed by atoms with E-state index in [1.165, 1.54) is 13.0 Å². The number of hydrogen-bond acceptors (Lipinski definition) is 2. The lowest BCUT2D eigenvalue weighted by Gasteiger charge is -2.07. The van der Waals surface area contributed by atoms with Crippen molar-refractivity contribution >= 4 is 5.97 Å². The Balaban J connectivity index is 0.00000144. The van der Waals surface area contributed by atoms with Crippen molar-refractivity contribution in [3.05, 3.63) is 29.8 Å². The van der Waals surface area contributed by atoms with E-state index in [4.69, 9.17) is 5.11 Å². The molecule has 0 aromatic heterocycles. The third-order valence-electron chi connectivity index (χ3n) is 1.77. The molecule has 1 unspecified atom stereocenters. The van der Waals surface area contributed by atoms with Gasteiger partial charge in [-0.05, 0) is 13.0 Å². The number of phenols is 1. The van der Waals surface area contributed by atoms with Gasteiger partial charge in [-0.1, -0.05) is 18.2 Å². The fourth-order valence-electron chi connectivity index (χ4n) is 0.987. The van der Waals surface area contributed by atoms with Gasteiger partial charge in [-0.2, -0.15) is 0 Å². The zero-order chi connectivity index (χ0) is 9.14. The third-order valence-corrected chi connectivity index (χ3v) is 1.77. The van der Waals surface area contributed by atoms with Gasteiger partial charge in [-0.15, -0.1) is 0 Å². The first-order valence-corrected chi connectivity index (χ1v) is 3.63. The molecule has 0 bridgehead atoms. The molecule has 0 heterocycles. The second kappa shape index (κ2) is 3.26. The minimum Gasteiger partial charge on any atom is -0.508 e. The van der Waals surface area contributed by atoms with Crippen LogP contribution in [0.4, 0.5) is 0 Å². The predicted octanol–water partition coefficient (Wildman–Crippen LogP) is 1.69. The summed E-state index contributed by atoms with van der Waals surface area (Å²) < 4.78 is 0. The number of hydrogen-bond donors (Lipinski definition) is 2. The topological polar surface area (TPSA) is 57.5 Å². The number of rotatable bonds is 2. The monoisotopic (exact) mass is 167 g/mol. The molecule has 0 amide bonds. The number of carbonyl (C=O) groups is 1. The Morgan fingerprint density at radius 2 is 2.08 bits per heavy atom. The maximum atomic E-state index is 10.5. The van der Waals surface area contributed by atoms with E-state index in [9.17, 15) is 9.90 Å². The summed E-state index contributed by atoms with van der Waals surface area (Å²) in [6, 6.07) is 6.45. The van der Waals surface area contributed by atoms with Crippen molar-refractivity contribution in [1.29, 1.82) is 0 Å². The zero-order valence-corrected chi connectivity index (χ0v) is 6.69. The maximum absolute atomic E-state index is 10.5. The van der Waals surface area contributed by atoms with Crippen LogP contribution in [0.15, 0.2) is 24.3 Å². The molecule has 0 saturated heterocycles. The van der Waals surface area contributed by atoms with Crippen LogP contribution in [0.25, 0.3) is 0 Å². The summed E-state index contributed by atoms with van der Waals surface area (Å²) >= 11 is 0. The Hall–Kier alpha value is -1.51. The molecule has 0 radical (unpaired) electrons. The van der Waals surface area contributed by atoms with E-state index < -0.39 is 11.9 Å². The van der Waals surface area contributed by atoms with E-state index in [1.54, 1.807) is 18.2 Å². The quantitative estimate of drug-likeness (QED) is 0.704. The van der Waals surface area contributed by atoms with Crippen LogP contribution in [-0.2, 0) is 4.79 Å². The standard InChI is InChI=1S/C9H10O3/c1-6(9(11)12)7-4-2-3-5-8(7)10/h2-6,10H,1H3,(H,11,12)/p+1. The number of carboxylic acids is 1. The van der Waals surface area contributed by atoms with E-state index in [2.05, 4.69) is 0 Å². The van der Waals surface area contributed by atoms with Gasteiger partial charge in [0.25, 0.3) is 0 Å². The summed E-state index contributed by atoms with van der Waals surface area (Å²) in [6.07, 6.45) is 0. The first-order valence-electron chi connectivity index (χ1n) is 3.63. The van der Waals surface area contributed by atoms with Crippen LogP contribution in [0.3, 0.4) is 0 Å². The molecule has 3 nitrogen and oxygen atoms in total. The highest BCUT2D eigenvalue weighted by Gasteiger charge is 2.16. The molecule has 64 valence electrons. The Morgan fingerprint density at radius 3 is 2.58 bits per heavy atom. The van der Waals surface area contributed by atoms with Crippen LogP contribution >= 0.6 is 0 Å². The van der Waals surface area contributed by atoms with Crippen molar-refractivity contribution < 1.29 is 16.4 Å². The van der Waals surface area contributed by atoms with Crippen molar-refractivity contribution in [3.63, 3.8) is 0 Å². The Kier molecular flexibility index (Phi) is 2.33. The fraction of sp³-hybridized carbons (Fsp3) is 0.222. The lowest BCUT2D eigenvalue weighted by atomic mass is 10.0. The number of para-hydroxylation sites is 1. The molecule has 12 heavy (non-hydrogen) atoms. The van der Waals surface area contributed by atoms with Gasteiger partial charge in [-0.3, -0.25) is 4.79 Å². The maximum Gasteiger partial charge on any atom is 1.00 e. The summed E-state index contributed by atoms with van der Waals surface area (Å²) in [5.74, 6) is -1.56. The van der Waals surface area contributed by atoms with Crippen molar-refractivity contribution in [3.8, 4) is 5.75 Å². The molecule has 0 saturated carbocycles. The average molecular weight is 167 g/mol. The summed E-state index contributed by atoms with van der Waals surface area (Å²) in [6.45, 7) is 1.54. The van der Waals surface area contributed by atoms with E-state index in [-0.39, 0.29) is 7.18 Å². The highest BCUT2D eigenvalue weighted by atomic mass is 16.4. The molecule has 1 aromatic rings. The smallest absolute Gasteiger partial charge is 0.508 e. The number of benzene rings is 1. The first-order chi connectivity index (χ1) is 5.63. The molecule has 0 aliphatic heterocycles. The van der Waals surface area contributed by atoms with E-state index in [0.29, 0.717) is 5.56 Å². The van der Waals surface area contributed by atoms with Crippen LogP contribution in [-0.4, -0.2) is 16.2 Å². The molecule has 0 aliphatic carbocycles. The molecule has 3 heteroatoms. The van der Waals surface area contributed by atoms with E-state index >= 15 is 0 Å². The Morgan fingerprint density at radius 1 is 1.50 bits per heavy atom. The zero-order valence-electron chi connectivity index (χ0n) is 7.69. The highest BCUT2D eigenvalue weighted by Crippen LogP contribution is 2.24. The van der Waals surface area contributed by atoms with E-state index in [0.717, 1.165) is 0 Å². The summed E-state index contributed by atoms with van der Waals surface area (Å²) in [5, 5.41) is 17.9. The van der Waals surface area contributed by atoms with Gasteiger partial charge in [0.2, 0.25) is 0 Å². The van der Waals surface area contributed by atoms with Gasteiger partial charge in [0.05, 0.1) is 5.92 Å². The molecular weight excluding hydrogens is 156 g/mol. The minimum absolute atomic E-state index is 0. The molecule has 0 aliphatic rings. The van der Waals surface area contributed by atoms with Crippen molar-refractivity contribution in [1.82, 2.24) is 0 Å². The number of phenolic OH excluding ortho intramolecular Hbond substituents is 1. The number of carboxylic acid groups (broad SMARTS) is 1. The largest absolute Gasteiger partial charge is 1.00 e. The highest BCUT2D eigenvalue weighted by molar-refractivity contribution is 5.76. The fourth-order valence-corrected chi connectivity index (χ4v) is 0.987. The first kappa shape index (κ1) is 8.59. The van der Waals surface area contributed by atoms with Gasteiger partial charge >= 0.3 is 7.40 Å². The second-order valence-corrected chi connectivity index (χ2v) is 2.62. The normalized spacial score (nSPS) is 12.4. The molecule has 1 atom stereocenters. The van der Waals surface area contributed by atoms with Crippen LogP contribution in [0, 0.1) is 0 Å². The molecular formula is C9H11O3+. The molecule has 0 spiro atoms.